The number of ether oxygens (including phenoxy) is 1. The minimum atomic E-state index is -0.587. The van der Waals surface area contributed by atoms with Gasteiger partial charge in [0.1, 0.15) is 0 Å². The van der Waals surface area contributed by atoms with E-state index in [1.54, 1.807) is 0 Å². The molecule has 0 saturated heterocycles. The molecule has 0 aromatic carbocycles. The van der Waals surface area contributed by atoms with Crippen molar-refractivity contribution in [3.05, 3.63) is 25.5 Å². The van der Waals surface area contributed by atoms with E-state index in [2.05, 4.69) is 20.7 Å². The molecule has 0 bridgehead atoms. The van der Waals surface area contributed by atoms with Crippen molar-refractivity contribution in [2.45, 2.75) is 0 Å². The number of carbonyl (C=O) groups excluding carboxylic acids is 1. The minimum absolute atomic E-state index is 0.0905. The highest BCUT2D eigenvalue weighted by molar-refractivity contribution is 9.11. The molecule has 0 fully saturated rings. The van der Waals surface area contributed by atoms with Crippen LogP contribution in [0.5, 0.6) is 0 Å². The molecular weight excluding hydrogens is 262 g/mol. The summed E-state index contributed by atoms with van der Waals surface area (Å²) in [4.78, 5) is 20.8. The van der Waals surface area contributed by atoms with Crippen molar-refractivity contribution in [2.75, 3.05) is 7.11 Å². The number of halogens is 1. The van der Waals surface area contributed by atoms with Crippen LogP contribution in [0.25, 0.3) is 0 Å². The lowest BCUT2D eigenvalue weighted by atomic mass is 10.3. The molecule has 0 aliphatic heterocycles. The third-order valence-electron chi connectivity index (χ3n) is 1.26. The molecule has 7 heteroatoms. The second-order valence-corrected chi connectivity index (χ2v) is 4.37. The Labute approximate surface area is 85.6 Å². The topological polar surface area (TPSA) is 69.4 Å². The Morgan fingerprint density at radius 3 is 2.77 bits per heavy atom. The first-order valence-corrected chi connectivity index (χ1v) is 4.69. The molecule has 0 saturated carbocycles. The van der Waals surface area contributed by atoms with Crippen molar-refractivity contribution in [3.8, 4) is 0 Å². The van der Waals surface area contributed by atoms with Gasteiger partial charge in [-0.25, -0.2) is 4.79 Å². The van der Waals surface area contributed by atoms with Gasteiger partial charge in [-0.2, -0.15) is 0 Å². The van der Waals surface area contributed by atoms with E-state index in [4.69, 9.17) is 0 Å². The maximum atomic E-state index is 11.0. The molecule has 0 unspecified atom stereocenters. The zero-order valence-electron chi connectivity index (χ0n) is 6.44. The Hall–Kier alpha value is -0.950. The van der Waals surface area contributed by atoms with Gasteiger partial charge in [-0.3, -0.25) is 10.1 Å². The first kappa shape index (κ1) is 10.1. The second-order valence-electron chi connectivity index (χ2n) is 2.02. The summed E-state index contributed by atoms with van der Waals surface area (Å²) < 4.78 is 4.83. The molecule has 0 aliphatic carbocycles. The van der Waals surface area contributed by atoms with Crippen LogP contribution in [-0.2, 0) is 4.74 Å². The van der Waals surface area contributed by atoms with Crippen LogP contribution in [0.3, 0.4) is 0 Å². The average Bonchev–Trinajstić information content (AvgIpc) is 2.46. The number of nitro groups is 1. The average molecular weight is 266 g/mol. The van der Waals surface area contributed by atoms with Crippen LogP contribution >= 0.6 is 27.3 Å². The number of thiophene rings is 1. The van der Waals surface area contributed by atoms with Gasteiger partial charge in [0.25, 0.3) is 0 Å². The molecule has 0 aliphatic rings. The van der Waals surface area contributed by atoms with E-state index in [-0.39, 0.29) is 10.6 Å². The summed E-state index contributed by atoms with van der Waals surface area (Å²) in [6.07, 6.45) is 0. The maximum absolute atomic E-state index is 11.0. The Bertz CT molecular complexity index is 362. The monoisotopic (exact) mass is 265 g/mol. The van der Waals surface area contributed by atoms with Crippen molar-refractivity contribution in [3.63, 3.8) is 0 Å². The van der Waals surface area contributed by atoms with Crippen LogP contribution in [0, 0.1) is 10.1 Å². The summed E-state index contributed by atoms with van der Waals surface area (Å²) in [5, 5.41) is 10.2. The molecule has 13 heavy (non-hydrogen) atoms. The van der Waals surface area contributed by atoms with E-state index in [9.17, 15) is 14.9 Å². The number of nitrogens with zero attached hydrogens (tertiary/aromatic N) is 1. The number of esters is 1. The number of methoxy groups -OCH3 is 1. The van der Waals surface area contributed by atoms with Gasteiger partial charge >= 0.3 is 11.0 Å². The highest BCUT2D eigenvalue weighted by Crippen LogP contribution is 2.33. The molecule has 0 N–H and O–H groups in total. The van der Waals surface area contributed by atoms with Crippen molar-refractivity contribution < 1.29 is 14.5 Å². The lowest BCUT2D eigenvalue weighted by Crippen LogP contribution is -1.99. The third-order valence-corrected chi connectivity index (χ3v) is 3.05. The fraction of sp³-hybridized carbons (Fsp3) is 0.167. The maximum Gasteiger partial charge on any atom is 0.340 e. The SMILES string of the molecule is COC(=O)c1cc([N+](=O)[O-])sc1Br. The smallest absolute Gasteiger partial charge is 0.340 e. The van der Waals surface area contributed by atoms with Crippen LogP contribution in [0.2, 0.25) is 0 Å². The molecule has 1 rings (SSSR count). The van der Waals surface area contributed by atoms with Crippen LogP contribution in [0.15, 0.2) is 9.85 Å². The zero-order chi connectivity index (χ0) is 10.0. The highest BCUT2D eigenvalue weighted by atomic mass is 79.9. The predicted octanol–water partition coefficient (Wildman–Crippen LogP) is 2.21. The van der Waals surface area contributed by atoms with E-state index in [1.807, 2.05) is 0 Å². The molecular formula is C6H4BrNO4S. The van der Waals surface area contributed by atoms with Crippen molar-refractivity contribution in [1.82, 2.24) is 0 Å². The standard InChI is InChI=1S/C6H4BrNO4S/c1-12-6(9)3-2-4(8(10)11)13-5(3)7/h2H,1H3. The second kappa shape index (κ2) is 3.84. The van der Waals surface area contributed by atoms with Gasteiger partial charge in [0.15, 0.2) is 0 Å². The Morgan fingerprint density at radius 2 is 2.38 bits per heavy atom. The Kier molecular flexibility index (Phi) is 2.99. The van der Waals surface area contributed by atoms with Gasteiger partial charge in [-0.15, -0.1) is 0 Å². The minimum Gasteiger partial charge on any atom is -0.465 e. The molecule has 0 amide bonds. The molecule has 5 nitrogen and oxygen atoms in total. The van der Waals surface area contributed by atoms with Crippen molar-refractivity contribution >= 4 is 38.2 Å². The van der Waals surface area contributed by atoms with E-state index >= 15 is 0 Å². The number of hydrogen-bond donors (Lipinski definition) is 0. The normalized spacial score (nSPS) is 9.69. The molecule has 1 aromatic heterocycles. The van der Waals surface area contributed by atoms with Gasteiger partial charge < -0.3 is 4.74 Å². The van der Waals surface area contributed by atoms with Gasteiger partial charge in [0, 0.05) is 6.07 Å². The predicted molar refractivity (Wildman–Crippen MR) is 50.0 cm³/mol. The molecule has 70 valence electrons. The van der Waals surface area contributed by atoms with Crippen LogP contribution in [0.1, 0.15) is 10.4 Å². The van der Waals surface area contributed by atoms with Crippen LogP contribution < -0.4 is 0 Å². The number of hydrogen-bond acceptors (Lipinski definition) is 5. The molecule has 1 aromatic rings. The quantitative estimate of drug-likeness (QED) is 0.467. The molecule has 0 spiro atoms. The van der Waals surface area contributed by atoms with Gasteiger partial charge in [0.05, 0.1) is 21.4 Å². The van der Waals surface area contributed by atoms with Crippen molar-refractivity contribution in [2.24, 2.45) is 0 Å². The summed E-state index contributed by atoms with van der Waals surface area (Å²) >= 11 is 3.92. The van der Waals surface area contributed by atoms with E-state index in [0.29, 0.717) is 3.79 Å². The number of carbonyl (C=O) groups is 1. The lowest BCUT2D eigenvalue weighted by molar-refractivity contribution is -0.380. The summed E-state index contributed by atoms with van der Waals surface area (Å²) in [7, 11) is 1.22. The highest BCUT2D eigenvalue weighted by Gasteiger charge is 2.20. The van der Waals surface area contributed by atoms with E-state index in [1.165, 1.54) is 13.2 Å². The van der Waals surface area contributed by atoms with Gasteiger partial charge in [0.2, 0.25) is 0 Å². The third kappa shape index (κ3) is 2.04. The lowest BCUT2D eigenvalue weighted by Gasteiger charge is -1.92. The van der Waals surface area contributed by atoms with Crippen LogP contribution in [0.4, 0.5) is 5.00 Å². The van der Waals surface area contributed by atoms with E-state index in [0.717, 1.165) is 11.3 Å². The van der Waals surface area contributed by atoms with Crippen LogP contribution in [-0.4, -0.2) is 18.0 Å². The fourth-order valence-electron chi connectivity index (χ4n) is 0.696. The number of rotatable bonds is 2. The molecule has 1 heterocycles. The summed E-state index contributed by atoms with van der Waals surface area (Å²) in [6.45, 7) is 0. The van der Waals surface area contributed by atoms with Gasteiger partial charge in [-0.05, 0) is 15.9 Å². The summed E-state index contributed by atoms with van der Waals surface area (Å²) in [5.74, 6) is -0.587. The first-order valence-electron chi connectivity index (χ1n) is 3.08. The van der Waals surface area contributed by atoms with Gasteiger partial charge in [-0.1, -0.05) is 11.3 Å². The molecule has 0 atom stereocenters. The van der Waals surface area contributed by atoms with Crippen molar-refractivity contribution in [1.29, 1.82) is 0 Å². The summed E-state index contributed by atoms with van der Waals surface area (Å²) in [5.41, 5.74) is 0.180. The molecule has 0 radical (unpaired) electrons. The Morgan fingerprint density at radius 1 is 1.77 bits per heavy atom. The Balaban J connectivity index is 3.10. The first-order chi connectivity index (χ1) is 6.06. The van der Waals surface area contributed by atoms with E-state index < -0.39 is 10.9 Å². The summed E-state index contributed by atoms with van der Waals surface area (Å²) in [6, 6.07) is 1.18. The largest absolute Gasteiger partial charge is 0.465 e. The zero-order valence-corrected chi connectivity index (χ0v) is 8.85. The fourth-order valence-corrected chi connectivity index (χ4v) is 2.16.